The molecule has 0 saturated carbocycles. The molecule has 2 aliphatic rings. The molecule has 0 bridgehead atoms. The van der Waals surface area contributed by atoms with Gasteiger partial charge in [0.2, 0.25) is 0 Å². The number of unbranched alkanes of at least 4 members (excludes halogenated alkanes) is 2. The van der Waals surface area contributed by atoms with Gasteiger partial charge in [-0.25, -0.2) is 0 Å². The number of hydrogen-bond donors (Lipinski definition) is 0. The van der Waals surface area contributed by atoms with Crippen LogP contribution in [0.2, 0.25) is 8.87 Å². The second-order valence-corrected chi connectivity index (χ2v) is 15.6. The van der Waals surface area contributed by atoms with Crippen molar-refractivity contribution in [3.8, 4) is 0 Å². The average Bonchev–Trinajstić information content (AvgIpc) is 2.88. The van der Waals surface area contributed by atoms with Crippen molar-refractivity contribution in [2.75, 3.05) is 39.5 Å². The fraction of sp³-hybridized carbons (Fsp3) is 1.00. The summed E-state index contributed by atoms with van der Waals surface area (Å²) in [4.78, 5) is 2.47. The van der Waals surface area contributed by atoms with Crippen molar-refractivity contribution in [3.63, 3.8) is 0 Å². The molecule has 118 valence electrons. The minimum atomic E-state index is -2.69. The summed E-state index contributed by atoms with van der Waals surface area (Å²) in [6.45, 7) is 10.3. The second kappa shape index (κ2) is 8.93. The van der Waals surface area contributed by atoms with Gasteiger partial charge < -0.3 is 0 Å². The maximum atomic E-state index is 6.56. The van der Waals surface area contributed by atoms with Crippen LogP contribution in [0.25, 0.3) is 0 Å². The zero-order chi connectivity index (χ0) is 14.3. The Morgan fingerprint density at radius 3 is 2.30 bits per heavy atom. The van der Waals surface area contributed by atoms with E-state index in [1.165, 1.54) is 34.6 Å². The standard InChI is InChI=1S/C7H13NO3.2C4H9.Sn/c9-6-7(10)5-8-1-3-11-4-2-8;2*1-3-4-2;/h7H,1-6H2;2*1,3-4H2,2H3;/q-2;;;+2. The first kappa shape index (κ1) is 17.0. The fourth-order valence-electron chi connectivity index (χ4n) is 3.06. The molecule has 5 heteroatoms. The van der Waals surface area contributed by atoms with E-state index in [0.29, 0.717) is 6.10 Å². The molecule has 4 nitrogen and oxygen atoms in total. The van der Waals surface area contributed by atoms with Gasteiger partial charge in [0.15, 0.2) is 0 Å². The van der Waals surface area contributed by atoms with Crippen molar-refractivity contribution in [2.45, 2.75) is 54.5 Å². The van der Waals surface area contributed by atoms with Crippen LogP contribution >= 0.6 is 0 Å². The molecule has 0 aromatic carbocycles. The van der Waals surface area contributed by atoms with Crippen molar-refractivity contribution in [1.82, 2.24) is 4.90 Å². The van der Waals surface area contributed by atoms with Crippen LogP contribution in [-0.4, -0.2) is 69.7 Å². The molecule has 0 amide bonds. The predicted octanol–water partition coefficient (Wildman–Crippen LogP) is 2.78. The number of nitrogens with zero attached hydrogens (tertiary/aromatic N) is 1. The van der Waals surface area contributed by atoms with E-state index in [1.54, 1.807) is 0 Å². The summed E-state index contributed by atoms with van der Waals surface area (Å²) in [5.41, 5.74) is 0. The van der Waals surface area contributed by atoms with Crippen molar-refractivity contribution >= 4 is 19.2 Å². The van der Waals surface area contributed by atoms with Crippen LogP contribution in [0.1, 0.15) is 39.5 Å². The summed E-state index contributed by atoms with van der Waals surface area (Å²) in [5, 5.41) is 0. The molecule has 0 N–H and O–H groups in total. The molecule has 0 aromatic rings. The van der Waals surface area contributed by atoms with Crippen LogP contribution in [0.5, 0.6) is 0 Å². The molecule has 2 heterocycles. The molecule has 2 fully saturated rings. The molecular formula is C15H31NO3Sn. The monoisotopic (exact) mass is 393 g/mol. The fourth-order valence-corrected chi connectivity index (χ4v) is 14.1. The van der Waals surface area contributed by atoms with Gasteiger partial charge >= 0.3 is 129 Å². The molecule has 0 radical (unpaired) electrons. The number of hydrogen-bond acceptors (Lipinski definition) is 4. The van der Waals surface area contributed by atoms with Gasteiger partial charge in [0.25, 0.3) is 0 Å². The third-order valence-electron chi connectivity index (χ3n) is 4.30. The second-order valence-electron chi connectivity index (χ2n) is 6.08. The Hall–Kier alpha value is 0.639. The van der Waals surface area contributed by atoms with E-state index in [0.717, 1.165) is 39.5 Å². The topological polar surface area (TPSA) is 30.9 Å². The Morgan fingerprint density at radius 1 is 1.05 bits per heavy atom. The summed E-state index contributed by atoms with van der Waals surface area (Å²) in [5.74, 6) is 0. The summed E-state index contributed by atoms with van der Waals surface area (Å²) < 4.78 is 20.8. The van der Waals surface area contributed by atoms with Crippen molar-refractivity contribution in [1.29, 1.82) is 0 Å². The Kier molecular flexibility index (Phi) is 7.59. The van der Waals surface area contributed by atoms with Gasteiger partial charge in [0.05, 0.1) is 0 Å². The molecule has 0 spiro atoms. The van der Waals surface area contributed by atoms with Crippen LogP contribution in [0.3, 0.4) is 0 Å². The van der Waals surface area contributed by atoms with Gasteiger partial charge in [-0.05, 0) is 0 Å². The Bertz CT molecular complexity index is 264. The van der Waals surface area contributed by atoms with Crippen LogP contribution < -0.4 is 0 Å². The third kappa shape index (κ3) is 5.12. The Labute approximate surface area is 129 Å². The quantitative estimate of drug-likeness (QED) is 0.595. The van der Waals surface area contributed by atoms with Crippen molar-refractivity contribution in [3.05, 3.63) is 0 Å². The molecule has 1 unspecified atom stereocenters. The molecule has 2 rings (SSSR count). The Balaban J connectivity index is 1.81. The predicted molar refractivity (Wildman–Crippen MR) is 83.3 cm³/mol. The molecular weight excluding hydrogens is 361 g/mol. The van der Waals surface area contributed by atoms with Crippen LogP contribution in [0, 0.1) is 0 Å². The van der Waals surface area contributed by atoms with E-state index in [-0.39, 0.29) is 0 Å². The number of ether oxygens (including phenoxy) is 1. The molecule has 1 atom stereocenters. The third-order valence-corrected chi connectivity index (χ3v) is 14.8. The van der Waals surface area contributed by atoms with E-state index in [1.807, 2.05) is 0 Å². The first-order valence-corrected chi connectivity index (χ1v) is 14.8. The summed E-state index contributed by atoms with van der Waals surface area (Å²) in [6.07, 6.45) is 5.41. The minimum absolute atomic E-state index is 0.331. The molecule has 20 heavy (non-hydrogen) atoms. The van der Waals surface area contributed by atoms with Gasteiger partial charge in [0, 0.05) is 0 Å². The van der Waals surface area contributed by atoms with Crippen LogP contribution in [-0.2, 0) is 10.9 Å². The van der Waals surface area contributed by atoms with E-state index >= 15 is 0 Å². The van der Waals surface area contributed by atoms with Gasteiger partial charge in [-0.3, -0.25) is 0 Å². The first-order chi connectivity index (χ1) is 9.78. The number of morpholine rings is 1. The summed E-state index contributed by atoms with van der Waals surface area (Å²) >= 11 is -2.69. The van der Waals surface area contributed by atoms with E-state index in [2.05, 4.69) is 18.7 Å². The van der Waals surface area contributed by atoms with Gasteiger partial charge in [-0.15, -0.1) is 0 Å². The molecule has 2 aliphatic heterocycles. The van der Waals surface area contributed by atoms with E-state index in [9.17, 15) is 0 Å². The zero-order valence-electron chi connectivity index (χ0n) is 13.2. The average molecular weight is 392 g/mol. The van der Waals surface area contributed by atoms with Gasteiger partial charge in [0.1, 0.15) is 0 Å². The van der Waals surface area contributed by atoms with Crippen molar-refractivity contribution in [2.24, 2.45) is 0 Å². The van der Waals surface area contributed by atoms with Crippen LogP contribution in [0.4, 0.5) is 0 Å². The van der Waals surface area contributed by atoms with Crippen molar-refractivity contribution < 1.29 is 10.9 Å². The SMILES string of the molecule is CCC[CH2][Sn]1([CH2]CCC)[O]CC(CN2CCOCC2)[O]1. The zero-order valence-corrected chi connectivity index (χ0v) is 16.1. The molecule has 0 aromatic heterocycles. The summed E-state index contributed by atoms with van der Waals surface area (Å²) in [6, 6.07) is 0. The van der Waals surface area contributed by atoms with Crippen LogP contribution in [0.15, 0.2) is 0 Å². The maximum absolute atomic E-state index is 6.56. The normalized spacial score (nSPS) is 27.0. The van der Waals surface area contributed by atoms with Gasteiger partial charge in [-0.1, -0.05) is 0 Å². The summed E-state index contributed by atoms with van der Waals surface area (Å²) in [7, 11) is 0. The van der Waals surface area contributed by atoms with Gasteiger partial charge in [-0.2, -0.15) is 0 Å². The number of rotatable bonds is 8. The van der Waals surface area contributed by atoms with E-state index < -0.39 is 19.2 Å². The van der Waals surface area contributed by atoms with E-state index in [4.69, 9.17) is 10.9 Å². The molecule has 0 aliphatic carbocycles. The first-order valence-electron chi connectivity index (χ1n) is 8.40. The Morgan fingerprint density at radius 2 is 1.70 bits per heavy atom. The molecule has 2 saturated heterocycles.